The first-order valence-electron chi connectivity index (χ1n) is 9.09. The Hall–Kier alpha value is -2.88. The van der Waals surface area contributed by atoms with Crippen molar-refractivity contribution in [3.05, 3.63) is 89.5 Å². The number of imidazole rings is 1. The molecule has 1 heterocycles. The molecule has 1 N–H and O–H groups in total. The van der Waals surface area contributed by atoms with Gasteiger partial charge in [-0.2, -0.15) is 0 Å². The summed E-state index contributed by atoms with van der Waals surface area (Å²) in [5.74, 6) is 1.67. The van der Waals surface area contributed by atoms with Gasteiger partial charge in [0.2, 0.25) is 5.91 Å². The van der Waals surface area contributed by atoms with E-state index in [0.29, 0.717) is 12.5 Å². The number of nitrogens with one attached hydrogen (secondary N) is 1. The molecule has 1 aromatic heterocycles. The van der Waals surface area contributed by atoms with E-state index in [1.54, 1.807) is 0 Å². The summed E-state index contributed by atoms with van der Waals surface area (Å²) in [5, 5.41) is 3.10. The van der Waals surface area contributed by atoms with Gasteiger partial charge in [-0.3, -0.25) is 4.79 Å². The fourth-order valence-corrected chi connectivity index (χ4v) is 3.48. The average molecular weight is 345 g/mol. The molecule has 2 atom stereocenters. The van der Waals surface area contributed by atoms with E-state index in [9.17, 15) is 4.79 Å². The predicted octanol–water partition coefficient (Wildman–Crippen LogP) is 3.66. The molecule has 0 radical (unpaired) electrons. The zero-order valence-corrected chi connectivity index (χ0v) is 14.9. The molecule has 1 aliphatic carbocycles. The number of amides is 1. The average Bonchev–Trinajstić information content (AvgIpc) is 3.38. The van der Waals surface area contributed by atoms with Crippen molar-refractivity contribution in [2.45, 2.75) is 32.4 Å². The molecule has 4 rings (SSSR count). The van der Waals surface area contributed by atoms with Gasteiger partial charge in [-0.25, -0.2) is 4.98 Å². The molecule has 26 heavy (non-hydrogen) atoms. The number of hydrogen-bond acceptors (Lipinski definition) is 2. The van der Waals surface area contributed by atoms with Gasteiger partial charge in [0, 0.05) is 31.4 Å². The van der Waals surface area contributed by atoms with Gasteiger partial charge in [-0.05, 0) is 36.0 Å². The van der Waals surface area contributed by atoms with Crippen LogP contribution in [0, 0.1) is 12.8 Å². The lowest BCUT2D eigenvalue weighted by Gasteiger charge is -2.09. The molecule has 4 nitrogen and oxygen atoms in total. The maximum Gasteiger partial charge on any atom is 0.224 e. The van der Waals surface area contributed by atoms with E-state index in [0.717, 1.165) is 24.4 Å². The van der Waals surface area contributed by atoms with E-state index < -0.39 is 0 Å². The number of hydrogen-bond donors (Lipinski definition) is 1. The molecule has 0 bridgehead atoms. The quantitative estimate of drug-likeness (QED) is 0.741. The molecule has 0 saturated heterocycles. The van der Waals surface area contributed by atoms with Crippen molar-refractivity contribution in [3.8, 4) is 0 Å². The van der Waals surface area contributed by atoms with Gasteiger partial charge in [0.15, 0.2) is 0 Å². The van der Waals surface area contributed by atoms with Crippen LogP contribution in [0.5, 0.6) is 0 Å². The first kappa shape index (κ1) is 16.6. The summed E-state index contributed by atoms with van der Waals surface area (Å²) in [5.41, 5.74) is 3.61. The second-order valence-corrected chi connectivity index (χ2v) is 7.00. The third kappa shape index (κ3) is 3.69. The van der Waals surface area contributed by atoms with Crippen LogP contribution in [-0.2, 0) is 17.9 Å². The topological polar surface area (TPSA) is 46.9 Å². The number of rotatable bonds is 6. The van der Waals surface area contributed by atoms with E-state index in [1.807, 2.05) is 43.6 Å². The maximum absolute atomic E-state index is 12.4. The molecule has 2 aromatic carbocycles. The van der Waals surface area contributed by atoms with Gasteiger partial charge in [-0.15, -0.1) is 0 Å². The van der Waals surface area contributed by atoms with Crippen LogP contribution in [0.2, 0.25) is 0 Å². The third-order valence-corrected chi connectivity index (χ3v) is 5.09. The molecule has 4 heteroatoms. The van der Waals surface area contributed by atoms with Crippen molar-refractivity contribution in [1.29, 1.82) is 0 Å². The molecular weight excluding hydrogens is 322 g/mol. The Balaban J connectivity index is 1.33. The van der Waals surface area contributed by atoms with Gasteiger partial charge in [-0.1, -0.05) is 54.6 Å². The first-order valence-corrected chi connectivity index (χ1v) is 9.09. The van der Waals surface area contributed by atoms with Crippen LogP contribution in [0.15, 0.2) is 67.0 Å². The Morgan fingerprint density at radius 3 is 2.73 bits per heavy atom. The summed E-state index contributed by atoms with van der Waals surface area (Å²) >= 11 is 0. The van der Waals surface area contributed by atoms with Crippen molar-refractivity contribution in [2.24, 2.45) is 5.92 Å². The Kier molecular flexibility index (Phi) is 4.57. The lowest BCUT2D eigenvalue weighted by atomic mass is 10.1. The zero-order chi connectivity index (χ0) is 17.9. The fourth-order valence-electron chi connectivity index (χ4n) is 3.48. The Morgan fingerprint density at radius 2 is 1.96 bits per heavy atom. The highest BCUT2D eigenvalue weighted by molar-refractivity contribution is 5.82. The number of carbonyl (C=O) groups is 1. The molecule has 3 aromatic rings. The second kappa shape index (κ2) is 7.16. The van der Waals surface area contributed by atoms with Crippen LogP contribution in [0.3, 0.4) is 0 Å². The number of nitrogens with zero attached hydrogens (tertiary/aromatic N) is 2. The van der Waals surface area contributed by atoms with Crippen molar-refractivity contribution >= 4 is 5.91 Å². The Bertz CT molecular complexity index is 901. The Labute approximate surface area is 153 Å². The van der Waals surface area contributed by atoms with Gasteiger partial charge < -0.3 is 9.88 Å². The van der Waals surface area contributed by atoms with Crippen LogP contribution in [0.4, 0.5) is 0 Å². The zero-order valence-electron chi connectivity index (χ0n) is 14.9. The lowest BCUT2D eigenvalue weighted by molar-refractivity contribution is -0.122. The summed E-state index contributed by atoms with van der Waals surface area (Å²) in [6, 6.07) is 18.7. The standard InChI is InChI=1S/C22H23N3O/c1-16-23-10-11-25(16)15-18-7-5-6-17(12-18)14-24-22(26)21-13-20(21)19-8-3-2-4-9-19/h2-12,20-21H,13-15H2,1H3,(H,24,26). The Morgan fingerprint density at radius 1 is 1.15 bits per heavy atom. The van der Waals surface area contributed by atoms with E-state index >= 15 is 0 Å². The van der Waals surface area contributed by atoms with Crippen LogP contribution >= 0.6 is 0 Å². The summed E-state index contributed by atoms with van der Waals surface area (Å²) in [6.45, 7) is 3.38. The van der Waals surface area contributed by atoms with E-state index in [-0.39, 0.29) is 11.8 Å². The summed E-state index contributed by atoms with van der Waals surface area (Å²) in [7, 11) is 0. The highest BCUT2D eigenvalue weighted by atomic mass is 16.2. The smallest absolute Gasteiger partial charge is 0.224 e. The van der Waals surface area contributed by atoms with Crippen LogP contribution in [0.1, 0.15) is 34.9 Å². The van der Waals surface area contributed by atoms with Crippen LogP contribution in [0.25, 0.3) is 0 Å². The molecular formula is C22H23N3O. The molecule has 1 amide bonds. The van der Waals surface area contributed by atoms with Crippen molar-refractivity contribution in [1.82, 2.24) is 14.9 Å². The number of benzene rings is 2. The van der Waals surface area contributed by atoms with E-state index in [1.165, 1.54) is 11.1 Å². The normalized spacial score (nSPS) is 18.5. The fraction of sp³-hybridized carbons (Fsp3) is 0.273. The van der Waals surface area contributed by atoms with Crippen molar-refractivity contribution < 1.29 is 4.79 Å². The number of aromatic nitrogens is 2. The predicted molar refractivity (Wildman–Crippen MR) is 102 cm³/mol. The van der Waals surface area contributed by atoms with Crippen molar-refractivity contribution in [2.75, 3.05) is 0 Å². The minimum absolute atomic E-state index is 0.120. The number of carbonyl (C=O) groups excluding carboxylic acids is 1. The maximum atomic E-state index is 12.4. The van der Waals surface area contributed by atoms with E-state index in [2.05, 4.69) is 45.2 Å². The molecule has 2 unspecified atom stereocenters. The van der Waals surface area contributed by atoms with Gasteiger partial charge in [0.05, 0.1) is 0 Å². The van der Waals surface area contributed by atoms with Crippen LogP contribution < -0.4 is 5.32 Å². The molecule has 0 aliphatic heterocycles. The summed E-state index contributed by atoms with van der Waals surface area (Å²) in [4.78, 5) is 16.7. The minimum Gasteiger partial charge on any atom is -0.352 e. The monoisotopic (exact) mass is 345 g/mol. The largest absolute Gasteiger partial charge is 0.352 e. The molecule has 1 fully saturated rings. The van der Waals surface area contributed by atoms with Gasteiger partial charge in [0.25, 0.3) is 0 Å². The van der Waals surface area contributed by atoms with Gasteiger partial charge in [0.1, 0.15) is 5.82 Å². The van der Waals surface area contributed by atoms with Gasteiger partial charge >= 0.3 is 0 Å². The SMILES string of the molecule is Cc1nccn1Cc1cccc(CNC(=O)C2CC2c2ccccc2)c1. The molecule has 0 spiro atoms. The summed E-state index contributed by atoms with van der Waals surface area (Å²) in [6.07, 6.45) is 4.76. The highest BCUT2D eigenvalue weighted by Gasteiger charge is 2.43. The first-order chi connectivity index (χ1) is 12.7. The molecule has 132 valence electrons. The molecule has 1 saturated carbocycles. The third-order valence-electron chi connectivity index (χ3n) is 5.09. The summed E-state index contributed by atoms with van der Waals surface area (Å²) < 4.78 is 2.12. The second-order valence-electron chi connectivity index (χ2n) is 7.00. The number of aryl methyl sites for hydroxylation is 1. The lowest BCUT2D eigenvalue weighted by Crippen LogP contribution is -2.24. The van der Waals surface area contributed by atoms with Crippen LogP contribution in [-0.4, -0.2) is 15.5 Å². The van der Waals surface area contributed by atoms with Crippen molar-refractivity contribution in [3.63, 3.8) is 0 Å². The minimum atomic E-state index is 0.120. The molecule has 1 aliphatic rings. The highest BCUT2D eigenvalue weighted by Crippen LogP contribution is 2.47. The van der Waals surface area contributed by atoms with E-state index in [4.69, 9.17) is 0 Å².